The molecule has 1 saturated heterocycles. The van der Waals surface area contributed by atoms with Crippen LogP contribution in [0.3, 0.4) is 0 Å². The van der Waals surface area contributed by atoms with E-state index in [1.54, 1.807) is 18.6 Å². The number of hydrogen-bond donors (Lipinski definition) is 0. The molecule has 3 heterocycles. The first-order valence-corrected chi connectivity index (χ1v) is 6.39. The SMILES string of the molecule is Cc1ccnc(N2CC(COc3cccnc3)C2)n1. The summed E-state index contributed by atoms with van der Waals surface area (Å²) in [6, 6.07) is 5.71. The molecule has 0 saturated carbocycles. The highest BCUT2D eigenvalue weighted by Crippen LogP contribution is 2.21. The minimum Gasteiger partial charge on any atom is -0.492 e. The molecule has 0 amide bonds. The van der Waals surface area contributed by atoms with Gasteiger partial charge in [0.05, 0.1) is 12.8 Å². The molecule has 0 aliphatic carbocycles. The van der Waals surface area contributed by atoms with E-state index in [-0.39, 0.29) is 0 Å². The molecular formula is C14H16N4O. The average molecular weight is 256 g/mol. The Hall–Kier alpha value is -2.17. The van der Waals surface area contributed by atoms with E-state index < -0.39 is 0 Å². The lowest BCUT2D eigenvalue weighted by Gasteiger charge is -2.38. The van der Waals surface area contributed by atoms with Gasteiger partial charge in [-0.1, -0.05) is 0 Å². The first-order valence-electron chi connectivity index (χ1n) is 6.39. The molecule has 1 aliphatic rings. The molecule has 0 unspecified atom stereocenters. The number of rotatable bonds is 4. The Kier molecular flexibility index (Phi) is 3.27. The number of ether oxygens (including phenoxy) is 1. The van der Waals surface area contributed by atoms with Crippen LogP contribution >= 0.6 is 0 Å². The number of pyridine rings is 1. The van der Waals surface area contributed by atoms with Crippen molar-refractivity contribution in [2.75, 3.05) is 24.6 Å². The predicted octanol–water partition coefficient (Wildman–Crippen LogP) is 1.70. The molecule has 2 aromatic rings. The molecule has 0 radical (unpaired) electrons. The molecule has 5 nitrogen and oxygen atoms in total. The topological polar surface area (TPSA) is 51.1 Å². The van der Waals surface area contributed by atoms with Crippen molar-refractivity contribution >= 4 is 5.95 Å². The van der Waals surface area contributed by atoms with Crippen LogP contribution in [0, 0.1) is 12.8 Å². The maximum atomic E-state index is 5.69. The van der Waals surface area contributed by atoms with E-state index in [0.29, 0.717) is 12.5 Å². The number of nitrogens with zero attached hydrogens (tertiary/aromatic N) is 4. The van der Waals surface area contributed by atoms with Crippen molar-refractivity contribution in [2.45, 2.75) is 6.92 Å². The second kappa shape index (κ2) is 5.22. The molecule has 0 N–H and O–H groups in total. The largest absolute Gasteiger partial charge is 0.492 e. The lowest BCUT2D eigenvalue weighted by Crippen LogP contribution is -2.50. The van der Waals surface area contributed by atoms with Gasteiger partial charge in [0.25, 0.3) is 0 Å². The van der Waals surface area contributed by atoms with Crippen molar-refractivity contribution in [3.05, 3.63) is 42.5 Å². The van der Waals surface area contributed by atoms with Gasteiger partial charge in [0.2, 0.25) is 5.95 Å². The summed E-state index contributed by atoms with van der Waals surface area (Å²) in [6.07, 6.45) is 5.28. The molecule has 3 rings (SSSR count). The van der Waals surface area contributed by atoms with Crippen LogP contribution < -0.4 is 9.64 Å². The monoisotopic (exact) mass is 256 g/mol. The number of hydrogen-bond acceptors (Lipinski definition) is 5. The summed E-state index contributed by atoms with van der Waals surface area (Å²) in [6.45, 7) is 4.59. The minimum absolute atomic E-state index is 0.532. The van der Waals surface area contributed by atoms with E-state index >= 15 is 0 Å². The molecule has 2 aromatic heterocycles. The first-order chi connectivity index (χ1) is 9.31. The summed E-state index contributed by atoms with van der Waals surface area (Å²) in [5, 5.41) is 0. The van der Waals surface area contributed by atoms with Crippen LogP contribution in [0.4, 0.5) is 5.95 Å². The van der Waals surface area contributed by atoms with E-state index in [4.69, 9.17) is 4.74 Å². The number of aryl methyl sites for hydroxylation is 1. The van der Waals surface area contributed by atoms with Crippen molar-refractivity contribution < 1.29 is 4.74 Å². The van der Waals surface area contributed by atoms with Gasteiger partial charge in [0.15, 0.2) is 0 Å². The van der Waals surface area contributed by atoms with E-state index in [2.05, 4.69) is 19.9 Å². The van der Waals surface area contributed by atoms with E-state index in [1.807, 2.05) is 25.1 Å². The van der Waals surface area contributed by atoms with Gasteiger partial charge < -0.3 is 9.64 Å². The molecular weight excluding hydrogens is 240 g/mol. The van der Waals surface area contributed by atoms with Crippen LogP contribution in [0.25, 0.3) is 0 Å². The quantitative estimate of drug-likeness (QED) is 0.833. The maximum absolute atomic E-state index is 5.69. The summed E-state index contributed by atoms with van der Waals surface area (Å²) < 4.78 is 5.69. The van der Waals surface area contributed by atoms with Crippen LogP contribution in [-0.4, -0.2) is 34.6 Å². The Morgan fingerprint density at radius 1 is 1.32 bits per heavy atom. The Morgan fingerprint density at radius 3 is 2.95 bits per heavy atom. The fourth-order valence-electron chi connectivity index (χ4n) is 2.07. The molecule has 0 aromatic carbocycles. The third-order valence-corrected chi connectivity index (χ3v) is 3.14. The van der Waals surface area contributed by atoms with Crippen molar-refractivity contribution in [2.24, 2.45) is 5.92 Å². The second-order valence-corrected chi connectivity index (χ2v) is 4.77. The summed E-state index contributed by atoms with van der Waals surface area (Å²) in [5.74, 6) is 2.18. The molecule has 98 valence electrons. The fraction of sp³-hybridized carbons (Fsp3) is 0.357. The van der Waals surface area contributed by atoms with Gasteiger partial charge in [-0.3, -0.25) is 4.98 Å². The van der Waals surface area contributed by atoms with Gasteiger partial charge in [-0.25, -0.2) is 9.97 Å². The van der Waals surface area contributed by atoms with Crippen LogP contribution in [0.2, 0.25) is 0 Å². The van der Waals surface area contributed by atoms with Crippen LogP contribution in [0.5, 0.6) is 5.75 Å². The highest BCUT2D eigenvalue weighted by molar-refractivity contribution is 5.34. The number of aromatic nitrogens is 3. The Morgan fingerprint density at radius 2 is 2.21 bits per heavy atom. The van der Waals surface area contributed by atoms with E-state index in [0.717, 1.165) is 30.5 Å². The Bertz CT molecular complexity index is 540. The zero-order chi connectivity index (χ0) is 13.1. The van der Waals surface area contributed by atoms with Crippen molar-refractivity contribution in [3.8, 4) is 5.75 Å². The molecule has 1 fully saturated rings. The predicted molar refractivity (Wildman–Crippen MR) is 72.2 cm³/mol. The molecule has 0 atom stereocenters. The standard InChI is InChI=1S/C14H16N4O/c1-11-4-6-16-14(17-11)18-8-12(9-18)10-19-13-3-2-5-15-7-13/h2-7,12H,8-10H2,1H3. The van der Waals surface area contributed by atoms with Gasteiger partial charge in [-0.15, -0.1) is 0 Å². The van der Waals surface area contributed by atoms with E-state index in [9.17, 15) is 0 Å². The third-order valence-electron chi connectivity index (χ3n) is 3.14. The van der Waals surface area contributed by atoms with Gasteiger partial charge >= 0.3 is 0 Å². The van der Waals surface area contributed by atoms with Crippen LogP contribution in [0.15, 0.2) is 36.8 Å². The molecule has 19 heavy (non-hydrogen) atoms. The minimum atomic E-state index is 0.532. The zero-order valence-corrected chi connectivity index (χ0v) is 10.9. The lowest BCUT2D eigenvalue weighted by atomic mass is 10.0. The molecule has 1 aliphatic heterocycles. The summed E-state index contributed by atoms with van der Waals surface area (Å²) in [7, 11) is 0. The highest BCUT2D eigenvalue weighted by Gasteiger charge is 2.29. The van der Waals surface area contributed by atoms with Gasteiger partial charge in [-0.2, -0.15) is 0 Å². The van der Waals surface area contributed by atoms with Crippen molar-refractivity contribution in [1.29, 1.82) is 0 Å². The normalized spacial score (nSPS) is 15.1. The van der Waals surface area contributed by atoms with Gasteiger partial charge in [0, 0.05) is 37.1 Å². The molecule has 0 spiro atoms. The van der Waals surface area contributed by atoms with Crippen molar-refractivity contribution in [1.82, 2.24) is 15.0 Å². The summed E-state index contributed by atoms with van der Waals surface area (Å²) >= 11 is 0. The lowest BCUT2D eigenvalue weighted by molar-refractivity contribution is 0.219. The van der Waals surface area contributed by atoms with Crippen LogP contribution in [0.1, 0.15) is 5.69 Å². The summed E-state index contributed by atoms with van der Waals surface area (Å²) in [4.78, 5) is 14.9. The second-order valence-electron chi connectivity index (χ2n) is 4.77. The molecule has 5 heteroatoms. The Balaban J connectivity index is 1.48. The fourth-order valence-corrected chi connectivity index (χ4v) is 2.07. The summed E-state index contributed by atoms with van der Waals surface area (Å²) in [5.41, 5.74) is 1.00. The first kappa shape index (κ1) is 11.9. The van der Waals surface area contributed by atoms with Gasteiger partial charge in [-0.05, 0) is 25.1 Å². The Labute approximate surface area is 112 Å². The third kappa shape index (κ3) is 2.81. The van der Waals surface area contributed by atoms with Gasteiger partial charge in [0.1, 0.15) is 5.75 Å². The highest BCUT2D eigenvalue weighted by atomic mass is 16.5. The van der Waals surface area contributed by atoms with Crippen molar-refractivity contribution in [3.63, 3.8) is 0 Å². The zero-order valence-electron chi connectivity index (χ0n) is 10.9. The van der Waals surface area contributed by atoms with E-state index in [1.165, 1.54) is 0 Å². The van der Waals surface area contributed by atoms with Crippen LogP contribution in [-0.2, 0) is 0 Å². The average Bonchev–Trinajstić information content (AvgIpc) is 2.38. The number of anilines is 1. The smallest absolute Gasteiger partial charge is 0.225 e. The maximum Gasteiger partial charge on any atom is 0.225 e. The molecule has 0 bridgehead atoms.